The molecule has 31 heavy (non-hydrogen) atoms. The number of carbonyl (C=O) groups is 1. The Bertz CT molecular complexity index is 1240. The SMILES string of the molecule is COc1cc([N+](=O)[O-])cc(/C=N/NC(=O)c2cc(-c3ccc(F)cc3)nc(=O)[nH]2)c1O. The molecule has 0 unspecified atom stereocenters. The zero-order valence-electron chi connectivity index (χ0n) is 15.8. The van der Waals surface area contributed by atoms with Crippen LogP contribution in [0.1, 0.15) is 16.1 Å². The largest absolute Gasteiger partial charge is 0.504 e. The normalized spacial score (nSPS) is 10.8. The summed E-state index contributed by atoms with van der Waals surface area (Å²) in [5.74, 6) is -1.86. The Balaban J connectivity index is 1.84. The van der Waals surface area contributed by atoms with E-state index in [0.29, 0.717) is 5.56 Å². The van der Waals surface area contributed by atoms with Crippen molar-refractivity contribution in [1.29, 1.82) is 0 Å². The Morgan fingerprint density at radius 2 is 2.03 bits per heavy atom. The van der Waals surface area contributed by atoms with Gasteiger partial charge in [0.2, 0.25) is 0 Å². The predicted molar refractivity (Wildman–Crippen MR) is 107 cm³/mol. The van der Waals surface area contributed by atoms with Crippen LogP contribution in [0.2, 0.25) is 0 Å². The van der Waals surface area contributed by atoms with Gasteiger partial charge in [-0.2, -0.15) is 10.1 Å². The van der Waals surface area contributed by atoms with Crippen LogP contribution in [0.4, 0.5) is 10.1 Å². The maximum Gasteiger partial charge on any atom is 0.346 e. The Hall–Kier alpha value is -4.61. The number of aromatic nitrogens is 2. The number of aromatic amines is 1. The molecule has 0 bridgehead atoms. The molecule has 0 atom stereocenters. The van der Waals surface area contributed by atoms with Crippen molar-refractivity contribution >= 4 is 17.8 Å². The number of rotatable bonds is 6. The van der Waals surface area contributed by atoms with Crippen molar-refractivity contribution in [3.63, 3.8) is 0 Å². The van der Waals surface area contributed by atoms with Gasteiger partial charge in [0, 0.05) is 17.2 Å². The van der Waals surface area contributed by atoms with Gasteiger partial charge in [0.05, 0.1) is 30.0 Å². The fourth-order valence-electron chi connectivity index (χ4n) is 2.54. The van der Waals surface area contributed by atoms with Crippen LogP contribution in [0.25, 0.3) is 11.3 Å². The second kappa shape index (κ2) is 8.82. The molecule has 1 heterocycles. The van der Waals surface area contributed by atoms with Gasteiger partial charge < -0.3 is 14.8 Å². The van der Waals surface area contributed by atoms with E-state index in [1.54, 1.807) is 0 Å². The van der Waals surface area contributed by atoms with Crippen molar-refractivity contribution < 1.29 is 24.0 Å². The van der Waals surface area contributed by atoms with Crippen LogP contribution in [0.5, 0.6) is 11.5 Å². The van der Waals surface area contributed by atoms with Crippen LogP contribution >= 0.6 is 0 Å². The molecule has 3 rings (SSSR count). The number of hydrogen-bond acceptors (Lipinski definition) is 8. The topological polar surface area (TPSA) is 160 Å². The number of halogens is 1. The summed E-state index contributed by atoms with van der Waals surface area (Å²) in [4.78, 5) is 40.4. The van der Waals surface area contributed by atoms with Crippen molar-refractivity contribution in [2.24, 2.45) is 5.10 Å². The van der Waals surface area contributed by atoms with E-state index < -0.39 is 28.1 Å². The Morgan fingerprint density at radius 1 is 1.32 bits per heavy atom. The van der Waals surface area contributed by atoms with Crippen LogP contribution in [0.3, 0.4) is 0 Å². The van der Waals surface area contributed by atoms with E-state index in [-0.39, 0.29) is 28.4 Å². The number of phenolic OH excluding ortho intramolecular Hbond substituents is 1. The summed E-state index contributed by atoms with van der Waals surface area (Å²) in [6.45, 7) is 0. The van der Waals surface area contributed by atoms with Crippen LogP contribution < -0.4 is 15.9 Å². The molecule has 1 amide bonds. The number of phenols is 1. The summed E-state index contributed by atoms with van der Waals surface area (Å²) >= 11 is 0. The molecule has 3 N–H and O–H groups in total. The number of aromatic hydroxyl groups is 1. The lowest BCUT2D eigenvalue weighted by Crippen LogP contribution is -2.24. The van der Waals surface area contributed by atoms with E-state index in [9.17, 15) is 29.2 Å². The summed E-state index contributed by atoms with van der Waals surface area (Å²) in [6, 6.07) is 8.50. The average molecular weight is 427 g/mol. The first kappa shape index (κ1) is 21.1. The summed E-state index contributed by atoms with van der Waals surface area (Å²) < 4.78 is 18.0. The van der Waals surface area contributed by atoms with E-state index in [2.05, 4.69) is 20.5 Å². The van der Waals surface area contributed by atoms with Crippen molar-refractivity contribution in [2.75, 3.05) is 7.11 Å². The minimum atomic E-state index is -0.823. The van der Waals surface area contributed by atoms with E-state index in [1.807, 2.05) is 0 Å². The Morgan fingerprint density at radius 3 is 2.68 bits per heavy atom. The van der Waals surface area contributed by atoms with Crippen molar-refractivity contribution in [2.45, 2.75) is 0 Å². The number of nitro groups is 1. The second-order valence-electron chi connectivity index (χ2n) is 6.03. The Kier molecular flexibility index (Phi) is 6.00. The fraction of sp³-hybridized carbons (Fsp3) is 0.0526. The number of nitrogens with zero attached hydrogens (tertiary/aromatic N) is 3. The summed E-state index contributed by atoms with van der Waals surface area (Å²) in [6.07, 6.45) is 0.975. The number of amides is 1. The number of H-pyrrole nitrogens is 1. The van der Waals surface area contributed by atoms with Gasteiger partial charge >= 0.3 is 5.69 Å². The second-order valence-corrected chi connectivity index (χ2v) is 6.03. The van der Waals surface area contributed by atoms with Gasteiger partial charge in [-0.05, 0) is 30.3 Å². The standard InChI is InChI=1S/C19H14FN5O6/c1-31-16-7-13(25(29)30)6-11(17(16)26)9-21-24-18(27)15-8-14(22-19(28)23-15)10-2-4-12(20)5-3-10/h2-9,26H,1H3,(H,24,27)(H,22,23,28)/b21-9+. The lowest BCUT2D eigenvalue weighted by molar-refractivity contribution is -0.385. The van der Waals surface area contributed by atoms with E-state index >= 15 is 0 Å². The number of hydrogen-bond donors (Lipinski definition) is 3. The fourth-order valence-corrected chi connectivity index (χ4v) is 2.54. The predicted octanol–water partition coefficient (Wildman–Crippen LogP) is 1.96. The number of benzene rings is 2. The molecule has 0 aliphatic heterocycles. The van der Waals surface area contributed by atoms with Gasteiger partial charge in [-0.25, -0.2) is 14.6 Å². The molecule has 12 heteroatoms. The van der Waals surface area contributed by atoms with Gasteiger partial charge in [-0.3, -0.25) is 14.9 Å². The number of nitrogens with one attached hydrogen (secondary N) is 2. The van der Waals surface area contributed by atoms with Crippen LogP contribution in [0, 0.1) is 15.9 Å². The highest BCUT2D eigenvalue weighted by molar-refractivity contribution is 5.94. The van der Waals surface area contributed by atoms with Crippen molar-refractivity contribution in [3.05, 3.63) is 80.1 Å². The quantitative estimate of drug-likeness (QED) is 0.308. The maximum atomic E-state index is 13.1. The van der Waals surface area contributed by atoms with Gasteiger partial charge in [0.25, 0.3) is 11.6 Å². The molecule has 0 spiro atoms. The van der Waals surface area contributed by atoms with Crippen LogP contribution in [-0.4, -0.2) is 39.2 Å². The molecule has 0 aliphatic carbocycles. The van der Waals surface area contributed by atoms with Crippen LogP contribution in [-0.2, 0) is 0 Å². The molecule has 3 aromatic rings. The van der Waals surface area contributed by atoms with E-state index in [4.69, 9.17) is 4.74 Å². The monoisotopic (exact) mass is 427 g/mol. The smallest absolute Gasteiger partial charge is 0.346 e. The number of carbonyl (C=O) groups excluding carboxylic acids is 1. The maximum absolute atomic E-state index is 13.1. The number of methoxy groups -OCH3 is 1. The van der Waals surface area contributed by atoms with Gasteiger partial charge in [-0.15, -0.1) is 0 Å². The number of non-ortho nitro benzene ring substituents is 1. The zero-order valence-corrected chi connectivity index (χ0v) is 15.8. The molecule has 0 fully saturated rings. The molecule has 158 valence electrons. The number of hydrazone groups is 1. The highest BCUT2D eigenvalue weighted by atomic mass is 19.1. The first-order valence-corrected chi connectivity index (χ1v) is 8.54. The van der Waals surface area contributed by atoms with Crippen molar-refractivity contribution in [3.8, 4) is 22.8 Å². The van der Waals surface area contributed by atoms with Gasteiger partial charge in [0.1, 0.15) is 11.5 Å². The van der Waals surface area contributed by atoms with Gasteiger partial charge in [-0.1, -0.05) is 0 Å². The summed E-state index contributed by atoms with van der Waals surface area (Å²) in [5, 5.41) is 24.7. The number of nitro benzene ring substituents is 1. The van der Waals surface area contributed by atoms with Crippen molar-refractivity contribution in [1.82, 2.24) is 15.4 Å². The molecule has 0 aliphatic rings. The first-order valence-electron chi connectivity index (χ1n) is 8.54. The summed E-state index contributed by atoms with van der Waals surface area (Å²) in [5.41, 5.74) is 1.25. The average Bonchev–Trinajstić information content (AvgIpc) is 2.74. The first-order chi connectivity index (χ1) is 14.8. The van der Waals surface area contributed by atoms with E-state index in [1.165, 1.54) is 37.4 Å². The highest BCUT2D eigenvalue weighted by Crippen LogP contribution is 2.33. The lowest BCUT2D eigenvalue weighted by Gasteiger charge is -2.06. The Labute approximate surface area is 173 Å². The van der Waals surface area contributed by atoms with Crippen LogP contribution in [0.15, 0.2) is 52.4 Å². The summed E-state index contributed by atoms with van der Waals surface area (Å²) in [7, 11) is 1.22. The number of ether oxygens (including phenoxy) is 1. The molecule has 1 aromatic heterocycles. The molecule has 11 nitrogen and oxygen atoms in total. The van der Waals surface area contributed by atoms with Gasteiger partial charge in [0.15, 0.2) is 11.5 Å². The molecule has 0 radical (unpaired) electrons. The molecule has 2 aromatic carbocycles. The highest BCUT2D eigenvalue weighted by Gasteiger charge is 2.16. The third kappa shape index (κ3) is 4.87. The third-order valence-corrected chi connectivity index (χ3v) is 4.02. The minimum Gasteiger partial charge on any atom is -0.504 e. The minimum absolute atomic E-state index is 0.0819. The molecule has 0 saturated carbocycles. The van der Waals surface area contributed by atoms with E-state index in [0.717, 1.165) is 18.3 Å². The molecule has 0 saturated heterocycles. The lowest BCUT2D eigenvalue weighted by atomic mass is 10.1. The zero-order chi connectivity index (χ0) is 22.5. The third-order valence-electron chi connectivity index (χ3n) is 4.02. The molecular formula is C19H14FN5O6. The molecular weight excluding hydrogens is 413 g/mol.